The van der Waals surface area contributed by atoms with Crippen LogP contribution in [0, 0.1) is 13.8 Å². The van der Waals surface area contributed by atoms with Crippen molar-refractivity contribution in [1.29, 1.82) is 0 Å². The van der Waals surface area contributed by atoms with Crippen molar-refractivity contribution < 1.29 is 0 Å². The first-order valence-electron chi connectivity index (χ1n) is 8.47. The molecule has 0 spiro atoms. The number of rotatable bonds is 4. The van der Waals surface area contributed by atoms with Gasteiger partial charge in [0.25, 0.3) is 5.56 Å². The Labute approximate surface area is 137 Å². The van der Waals surface area contributed by atoms with E-state index in [1.807, 2.05) is 0 Å². The van der Waals surface area contributed by atoms with Crippen molar-refractivity contribution in [3.63, 3.8) is 0 Å². The molecule has 0 radical (unpaired) electrons. The van der Waals surface area contributed by atoms with Gasteiger partial charge in [-0.1, -0.05) is 25.1 Å². The van der Waals surface area contributed by atoms with Gasteiger partial charge in [0.1, 0.15) is 5.82 Å². The lowest BCUT2D eigenvalue weighted by Crippen LogP contribution is -2.35. The summed E-state index contributed by atoms with van der Waals surface area (Å²) in [5.74, 6) is 0.824. The summed E-state index contributed by atoms with van der Waals surface area (Å²) in [7, 11) is 0. The number of aromatic amines is 1. The predicted molar refractivity (Wildman–Crippen MR) is 92.6 cm³/mol. The summed E-state index contributed by atoms with van der Waals surface area (Å²) >= 11 is 0. The van der Waals surface area contributed by atoms with Gasteiger partial charge in [0.15, 0.2) is 0 Å². The number of nitrogens with one attached hydrogen (secondary N) is 1. The molecule has 0 aliphatic carbocycles. The molecule has 0 atom stereocenters. The maximum absolute atomic E-state index is 12.2. The third-order valence-corrected chi connectivity index (χ3v) is 4.71. The van der Waals surface area contributed by atoms with Crippen LogP contribution in [0.2, 0.25) is 0 Å². The second-order valence-corrected chi connectivity index (χ2v) is 6.52. The van der Waals surface area contributed by atoms with E-state index in [0.717, 1.165) is 56.0 Å². The number of nitrogens with zero attached hydrogens (tertiary/aromatic N) is 2. The fraction of sp³-hybridized carbons (Fsp3) is 0.474. The fourth-order valence-electron chi connectivity index (χ4n) is 3.36. The number of hydrogen-bond donors (Lipinski definition) is 1. The highest BCUT2D eigenvalue weighted by molar-refractivity contribution is 5.33. The highest BCUT2D eigenvalue weighted by Gasteiger charge is 2.21. The molecule has 0 fully saturated rings. The van der Waals surface area contributed by atoms with E-state index in [-0.39, 0.29) is 5.56 Å². The van der Waals surface area contributed by atoms with Crippen LogP contribution in [0.25, 0.3) is 0 Å². The smallest absolute Gasteiger partial charge is 0.254 e. The predicted octanol–water partition coefficient (Wildman–Crippen LogP) is 2.90. The molecule has 1 aliphatic rings. The molecule has 4 heteroatoms. The lowest BCUT2D eigenvalue weighted by Gasteiger charge is -2.28. The lowest BCUT2D eigenvalue weighted by molar-refractivity contribution is 0.239. The quantitative estimate of drug-likeness (QED) is 0.944. The molecule has 1 aromatic heterocycles. The Bertz CT molecular complexity index is 743. The van der Waals surface area contributed by atoms with Crippen LogP contribution < -0.4 is 5.56 Å². The zero-order valence-electron chi connectivity index (χ0n) is 14.3. The van der Waals surface area contributed by atoms with Crippen molar-refractivity contribution in [2.75, 3.05) is 6.54 Å². The van der Waals surface area contributed by atoms with Gasteiger partial charge < -0.3 is 4.98 Å². The number of aromatic nitrogens is 2. The molecule has 0 unspecified atom stereocenters. The van der Waals surface area contributed by atoms with Crippen molar-refractivity contribution in [2.45, 2.75) is 53.1 Å². The Kier molecular flexibility index (Phi) is 4.62. The third kappa shape index (κ3) is 3.37. The summed E-state index contributed by atoms with van der Waals surface area (Å²) in [6, 6.07) is 6.45. The molecule has 2 heterocycles. The average Bonchev–Trinajstić information content (AvgIpc) is 2.51. The van der Waals surface area contributed by atoms with Gasteiger partial charge in [0, 0.05) is 31.6 Å². The molecular formula is C19H25N3O. The van der Waals surface area contributed by atoms with Crippen LogP contribution in [0.3, 0.4) is 0 Å². The molecule has 122 valence electrons. The van der Waals surface area contributed by atoms with Crippen molar-refractivity contribution in [1.82, 2.24) is 14.9 Å². The largest absolute Gasteiger partial charge is 0.310 e. The minimum absolute atomic E-state index is 0.0603. The van der Waals surface area contributed by atoms with Gasteiger partial charge in [-0.3, -0.25) is 9.69 Å². The molecular weight excluding hydrogens is 286 g/mol. The second-order valence-electron chi connectivity index (χ2n) is 6.52. The van der Waals surface area contributed by atoms with Crippen molar-refractivity contribution in [3.05, 3.63) is 62.3 Å². The second kappa shape index (κ2) is 6.67. The van der Waals surface area contributed by atoms with Crippen LogP contribution in [0.5, 0.6) is 0 Å². The van der Waals surface area contributed by atoms with E-state index in [2.05, 4.69) is 48.9 Å². The summed E-state index contributed by atoms with van der Waals surface area (Å²) < 4.78 is 0. The topological polar surface area (TPSA) is 49.0 Å². The minimum atomic E-state index is 0.0603. The number of benzene rings is 1. The minimum Gasteiger partial charge on any atom is -0.310 e. The summed E-state index contributed by atoms with van der Waals surface area (Å²) in [6.45, 7) is 9.05. The highest BCUT2D eigenvalue weighted by atomic mass is 16.1. The zero-order chi connectivity index (χ0) is 16.4. The number of H-pyrrole nitrogens is 1. The van der Waals surface area contributed by atoms with E-state index in [1.54, 1.807) is 0 Å². The van der Waals surface area contributed by atoms with E-state index in [1.165, 1.54) is 16.7 Å². The van der Waals surface area contributed by atoms with Gasteiger partial charge in [-0.15, -0.1) is 0 Å². The highest BCUT2D eigenvalue weighted by Crippen LogP contribution is 2.20. The van der Waals surface area contributed by atoms with E-state index in [9.17, 15) is 4.79 Å². The first-order valence-corrected chi connectivity index (χ1v) is 8.47. The first kappa shape index (κ1) is 15.9. The molecule has 2 aromatic rings. The van der Waals surface area contributed by atoms with Crippen molar-refractivity contribution >= 4 is 0 Å². The molecule has 3 rings (SSSR count). The maximum Gasteiger partial charge on any atom is 0.254 e. The monoisotopic (exact) mass is 311 g/mol. The zero-order valence-corrected chi connectivity index (χ0v) is 14.3. The summed E-state index contributed by atoms with van der Waals surface area (Å²) in [6.07, 6.45) is 2.61. The van der Waals surface area contributed by atoms with Gasteiger partial charge in [-0.25, -0.2) is 4.98 Å². The van der Waals surface area contributed by atoms with E-state index < -0.39 is 0 Å². The molecule has 1 aliphatic heterocycles. The lowest BCUT2D eigenvalue weighted by atomic mass is 10.0. The van der Waals surface area contributed by atoms with Crippen LogP contribution in [-0.4, -0.2) is 21.4 Å². The summed E-state index contributed by atoms with van der Waals surface area (Å²) in [5, 5.41) is 0. The number of hydrogen-bond acceptors (Lipinski definition) is 3. The van der Waals surface area contributed by atoms with E-state index >= 15 is 0 Å². The Morgan fingerprint density at radius 3 is 2.70 bits per heavy atom. The van der Waals surface area contributed by atoms with E-state index in [4.69, 9.17) is 4.98 Å². The molecule has 0 saturated carbocycles. The average molecular weight is 311 g/mol. The molecule has 1 N–H and O–H groups in total. The van der Waals surface area contributed by atoms with E-state index in [0.29, 0.717) is 0 Å². The Balaban J connectivity index is 1.83. The first-order chi connectivity index (χ1) is 11.1. The Morgan fingerprint density at radius 2 is 2.00 bits per heavy atom. The molecule has 0 saturated heterocycles. The van der Waals surface area contributed by atoms with Gasteiger partial charge in [-0.2, -0.15) is 0 Å². The standard InChI is InChI=1S/C19H25N3O/c1-4-6-18-20-17-12-22(10-9-15(17)19(23)21-18)11-16-13(2)7-5-8-14(16)3/h5,7-8H,4,6,9-12H2,1-3H3,(H,20,21,23). The molecule has 23 heavy (non-hydrogen) atoms. The SMILES string of the molecule is CCCc1nc2c(c(=O)[nH]1)CCN(Cc1c(C)cccc1C)C2. The number of fused-ring (bicyclic) bond motifs is 1. The third-order valence-electron chi connectivity index (χ3n) is 4.71. The van der Waals surface area contributed by atoms with Crippen LogP contribution in [-0.2, 0) is 25.9 Å². The van der Waals surface area contributed by atoms with Gasteiger partial charge >= 0.3 is 0 Å². The summed E-state index contributed by atoms with van der Waals surface area (Å²) in [4.78, 5) is 22.3. The Morgan fingerprint density at radius 1 is 1.26 bits per heavy atom. The van der Waals surface area contributed by atoms with Crippen LogP contribution in [0.4, 0.5) is 0 Å². The summed E-state index contributed by atoms with van der Waals surface area (Å²) in [5.41, 5.74) is 5.97. The maximum atomic E-state index is 12.2. The fourth-order valence-corrected chi connectivity index (χ4v) is 3.36. The van der Waals surface area contributed by atoms with Crippen molar-refractivity contribution in [2.24, 2.45) is 0 Å². The number of aryl methyl sites for hydroxylation is 3. The molecule has 1 aromatic carbocycles. The van der Waals surface area contributed by atoms with Crippen LogP contribution in [0.1, 0.15) is 47.1 Å². The van der Waals surface area contributed by atoms with Crippen LogP contribution >= 0.6 is 0 Å². The van der Waals surface area contributed by atoms with Crippen LogP contribution in [0.15, 0.2) is 23.0 Å². The van der Waals surface area contributed by atoms with Gasteiger partial charge in [-0.05, 0) is 43.4 Å². The van der Waals surface area contributed by atoms with Gasteiger partial charge in [0.2, 0.25) is 0 Å². The molecule has 4 nitrogen and oxygen atoms in total. The van der Waals surface area contributed by atoms with Gasteiger partial charge in [0.05, 0.1) is 5.69 Å². The van der Waals surface area contributed by atoms with Crippen molar-refractivity contribution in [3.8, 4) is 0 Å². The normalized spacial score (nSPS) is 14.7. The Hall–Kier alpha value is -1.94. The molecule has 0 amide bonds. The molecule has 0 bridgehead atoms.